The number of fused-ring (bicyclic) bond motifs is 1. The molecular formula is C21H21N3O4. The first-order chi connectivity index (χ1) is 13.3. The highest BCUT2D eigenvalue weighted by Crippen LogP contribution is 2.41. The van der Waals surface area contributed by atoms with Gasteiger partial charge >= 0.3 is 6.09 Å². The fraction of sp³-hybridized carbons (Fsp3) is 0.286. The van der Waals surface area contributed by atoms with Gasteiger partial charge in [0, 0.05) is 30.4 Å². The zero-order valence-corrected chi connectivity index (χ0v) is 16.2. The van der Waals surface area contributed by atoms with Crippen LogP contribution in [0.25, 0.3) is 5.70 Å². The van der Waals surface area contributed by atoms with Crippen LogP contribution >= 0.6 is 0 Å². The molecular weight excluding hydrogens is 358 g/mol. The minimum Gasteiger partial charge on any atom is -0.483 e. The van der Waals surface area contributed by atoms with Crippen LogP contribution in [0.3, 0.4) is 0 Å². The van der Waals surface area contributed by atoms with Crippen LogP contribution in [-0.4, -0.2) is 41.9 Å². The van der Waals surface area contributed by atoms with E-state index in [0.29, 0.717) is 22.6 Å². The molecule has 2 heterocycles. The Kier molecular flexibility index (Phi) is 4.97. The molecule has 144 valence electrons. The number of amides is 1. The molecule has 7 heteroatoms. The van der Waals surface area contributed by atoms with E-state index in [1.54, 1.807) is 43.6 Å². The molecule has 0 aliphatic carbocycles. The van der Waals surface area contributed by atoms with Crippen molar-refractivity contribution < 1.29 is 14.3 Å². The molecule has 0 fully saturated rings. The summed E-state index contributed by atoms with van der Waals surface area (Å²) in [6.07, 6.45) is 1.17. The largest absolute Gasteiger partial charge is 0.483 e. The van der Waals surface area contributed by atoms with Gasteiger partial charge in [-0.1, -0.05) is 6.07 Å². The van der Waals surface area contributed by atoms with Crippen LogP contribution in [0.1, 0.15) is 25.0 Å². The maximum Gasteiger partial charge on any atom is 0.409 e. The van der Waals surface area contributed by atoms with Gasteiger partial charge in [0.25, 0.3) is 5.56 Å². The standard InChI is InChI=1S/C21H21N3O4/c1-21(2)16(13-23(3)20(26)27-4)19(24-10-6-5-7-18(24)25)15-11-14(12-22)8-9-17(15)28-21/h5-11H,13H2,1-4H3. The maximum absolute atomic E-state index is 12.6. The number of benzene rings is 1. The Balaban J connectivity index is 2.33. The second-order valence-corrected chi connectivity index (χ2v) is 7.00. The molecule has 28 heavy (non-hydrogen) atoms. The number of hydrogen-bond donors (Lipinski definition) is 0. The number of rotatable bonds is 3. The molecule has 0 unspecified atom stereocenters. The van der Waals surface area contributed by atoms with Gasteiger partial charge in [-0.15, -0.1) is 0 Å². The Morgan fingerprint density at radius 1 is 1.32 bits per heavy atom. The molecule has 1 aromatic heterocycles. The lowest BCUT2D eigenvalue weighted by Crippen LogP contribution is -2.43. The predicted molar refractivity (Wildman–Crippen MR) is 104 cm³/mol. The molecule has 1 aliphatic rings. The molecule has 0 atom stereocenters. The SMILES string of the molecule is COC(=O)N(C)CC1=C(n2ccccc2=O)c2cc(C#N)ccc2OC1(C)C. The minimum absolute atomic E-state index is 0.187. The summed E-state index contributed by atoms with van der Waals surface area (Å²) >= 11 is 0. The number of likely N-dealkylation sites (N-methyl/N-ethyl adjacent to an activating group) is 1. The molecule has 2 aromatic rings. The van der Waals surface area contributed by atoms with E-state index < -0.39 is 11.7 Å². The second kappa shape index (κ2) is 7.24. The van der Waals surface area contributed by atoms with Gasteiger partial charge in [-0.2, -0.15) is 5.26 Å². The normalized spacial score (nSPS) is 14.5. The summed E-state index contributed by atoms with van der Waals surface area (Å²) in [4.78, 5) is 26.0. The van der Waals surface area contributed by atoms with Crippen LogP contribution < -0.4 is 10.3 Å². The van der Waals surface area contributed by atoms with E-state index >= 15 is 0 Å². The number of pyridine rings is 1. The molecule has 1 aromatic carbocycles. The summed E-state index contributed by atoms with van der Waals surface area (Å²) < 4.78 is 12.5. The summed E-state index contributed by atoms with van der Waals surface area (Å²) in [7, 11) is 2.92. The number of ether oxygens (including phenoxy) is 2. The molecule has 1 aliphatic heterocycles. The number of nitriles is 1. The molecule has 0 spiro atoms. The van der Waals surface area contributed by atoms with Crippen molar-refractivity contribution >= 4 is 11.8 Å². The lowest BCUT2D eigenvalue weighted by atomic mass is 9.88. The van der Waals surface area contributed by atoms with Crippen molar-refractivity contribution in [3.05, 3.63) is 69.6 Å². The van der Waals surface area contributed by atoms with Crippen molar-refractivity contribution in [2.45, 2.75) is 19.4 Å². The van der Waals surface area contributed by atoms with E-state index in [0.717, 1.165) is 5.57 Å². The van der Waals surface area contributed by atoms with Crippen molar-refractivity contribution in [1.29, 1.82) is 5.26 Å². The molecule has 0 N–H and O–H groups in total. The molecule has 1 amide bonds. The summed E-state index contributed by atoms with van der Waals surface area (Å²) in [5, 5.41) is 9.32. The van der Waals surface area contributed by atoms with Crippen LogP contribution in [0.5, 0.6) is 5.75 Å². The fourth-order valence-electron chi connectivity index (χ4n) is 3.27. The Hall–Kier alpha value is -3.53. The summed E-state index contributed by atoms with van der Waals surface area (Å²) in [6, 6.07) is 12.1. The van der Waals surface area contributed by atoms with Crippen molar-refractivity contribution in [3.63, 3.8) is 0 Å². The molecule has 7 nitrogen and oxygen atoms in total. The first-order valence-corrected chi connectivity index (χ1v) is 8.73. The predicted octanol–water partition coefficient (Wildman–Crippen LogP) is 2.85. The highest BCUT2D eigenvalue weighted by Gasteiger charge is 2.37. The highest BCUT2D eigenvalue weighted by atomic mass is 16.5. The monoisotopic (exact) mass is 379 g/mol. The van der Waals surface area contributed by atoms with Gasteiger partial charge < -0.3 is 14.4 Å². The number of carbonyl (C=O) groups is 1. The van der Waals surface area contributed by atoms with Crippen LogP contribution in [0, 0.1) is 11.3 Å². The van der Waals surface area contributed by atoms with Crippen LogP contribution in [0.4, 0.5) is 4.79 Å². The molecule has 3 rings (SSSR count). The van der Waals surface area contributed by atoms with Crippen molar-refractivity contribution in [3.8, 4) is 11.8 Å². The Labute approximate surface area is 163 Å². The highest BCUT2D eigenvalue weighted by molar-refractivity contribution is 5.78. The topological polar surface area (TPSA) is 84.6 Å². The van der Waals surface area contributed by atoms with Crippen molar-refractivity contribution in [2.75, 3.05) is 20.7 Å². The van der Waals surface area contributed by atoms with E-state index in [1.165, 1.54) is 22.6 Å². The van der Waals surface area contributed by atoms with Gasteiger partial charge in [-0.25, -0.2) is 4.79 Å². The van der Waals surface area contributed by atoms with E-state index in [1.807, 2.05) is 13.8 Å². The quantitative estimate of drug-likeness (QED) is 0.819. The number of carbonyl (C=O) groups excluding carboxylic acids is 1. The zero-order chi connectivity index (χ0) is 20.5. The summed E-state index contributed by atoms with van der Waals surface area (Å²) in [5.74, 6) is 0.569. The van der Waals surface area contributed by atoms with Crippen molar-refractivity contribution in [1.82, 2.24) is 9.47 Å². The zero-order valence-electron chi connectivity index (χ0n) is 16.2. The number of hydrogen-bond acceptors (Lipinski definition) is 5. The lowest BCUT2D eigenvalue weighted by Gasteiger charge is -2.38. The third-order valence-electron chi connectivity index (χ3n) is 4.69. The van der Waals surface area contributed by atoms with Crippen LogP contribution in [0.2, 0.25) is 0 Å². The van der Waals surface area contributed by atoms with Gasteiger partial charge in [0.1, 0.15) is 11.4 Å². The smallest absolute Gasteiger partial charge is 0.409 e. The van der Waals surface area contributed by atoms with Gasteiger partial charge in [0.15, 0.2) is 0 Å². The Morgan fingerprint density at radius 3 is 2.71 bits per heavy atom. The molecule has 0 saturated carbocycles. The van der Waals surface area contributed by atoms with E-state index in [9.17, 15) is 14.9 Å². The Bertz CT molecular complexity index is 1060. The number of aromatic nitrogens is 1. The Morgan fingerprint density at radius 2 is 2.07 bits per heavy atom. The number of methoxy groups -OCH3 is 1. The van der Waals surface area contributed by atoms with E-state index in [-0.39, 0.29) is 12.1 Å². The summed E-state index contributed by atoms with van der Waals surface area (Å²) in [5.41, 5.74) is 1.38. The van der Waals surface area contributed by atoms with E-state index in [4.69, 9.17) is 9.47 Å². The molecule has 0 bridgehead atoms. The average molecular weight is 379 g/mol. The van der Waals surface area contributed by atoms with Gasteiger partial charge in [0.05, 0.1) is 31.0 Å². The van der Waals surface area contributed by atoms with Crippen molar-refractivity contribution in [2.24, 2.45) is 0 Å². The first-order valence-electron chi connectivity index (χ1n) is 8.73. The third kappa shape index (κ3) is 3.37. The molecule has 0 radical (unpaired) electrons. The molecule has 0 saturated heterocycles. The number of nitrogens with zero attached hydrogens (tertiary/aromatic N) is 3. The van der Waals surface area contributed by atoms with Crippen LogP contribution in [-0.2, 0) is 4.74 Å². The third-order valence-corrected chi connectivity index (χ3v) is 4.69. The minimum atomic E-state index is -0.798. The average Bonchev–Trinajstić information content (AvgIpc) is 2.68. The van der Waals surface area contributed by atoms with Gasteiger partial charge in [-0.3, -0.25) is 9.36 Å². The second-order valence-electron chi connectivity index (χ2n) is 7.00. The lowest BCUT2D eigenvalue weighted by molar-refractivity contribution is 0.117. The fourth-order valence-corrected chi connectivity index (χ4v) is 3.27. The first kappa shape index (κ1) is 19.2. The summed E-state index contributed by atoms with van der Waals surface area (Å²) in [6.45, 7) is 3.94. The van der Waals surface area contributed by atoms with Gasteiger partial charge in [0.2, 0.25) is 0 Å². The maximum atomic E-state index is 12.6. The van der Waals surface area contributed by atoms with Gasteiger partial charge in [-0.05, 0) is 38.1 Å². The van der Waals surface area contributed by atoms with Crippen LogP contribution in [0.15, 0.2) is 53.0 Å². The van der Waals surface area contributed by atoms with E-state index in [2.05, 4.69) is 6.07 Å².